The van der Waals surface area contributed by atoms with E-state index in [1.54, 1.807) is 4.90 Å². The molecule has 4 nitrogen and oxygen atoms in total. The van der Waals surface area contributed by atoms with Gasteiger partial charge in [-0.2, -0.15) is 0 Å². The number of benzene rings is 1. The van der Waals surface area contributed by atoms with E-state index in [1.165, 1.54) is 16.8 Å². The van der Waals surface area contributed by atoms with Crippen LogP contribution in [0.5, 0.6) is 0 Å². The zero-order valence-electron chi connectivity index (χ0n) is 11.4. The molecule has 0 radical (unpaired) electrons. The quantitative estimate of drug-likeness (QED) is 0.866. The average molecular weight is 325 g/mol. The number of pyridine rings is 1. The van der Waals surface area contributed by atoms with E-state index in [1.807, 2.05) is 37.3 Å². The SMILES string of the molecule is CCN(C(=O)Cn1cc(Cl)cc(Cl)c1=O)c1ccccc1. The number of anilines is 1. The lowest BCUT2D eigenvalue weighted by atomic mass is 10.3. The summed E-state index contributed by atoms with van der Waals surface area (Å²) >= 11 is 11.7. The molecule has 0 saturated heterocycles. The van der Waals surface area contributed by atoms with Gasteiger partial charge in [0.2, 0.25) is 5.91 Å². The van der Waals surface area contributed by atoms with Gasteiger partial charge in [-0.3, -0.25) is 9.59 Å². The zero-order valence-corrected chi connectivity index (χ0v) is 12.9. The van der Waals surface area contributed by atoms with E-state index >= 15 is 0 Å². The number of hydrogen-bond donors (Lipinski definition) is 0. The van der Waals surface area contributed by atoms with Crippen molar-refractivity contribution in [2.75, 3.05) is 11.4 Å². The molecule has 0 aliphatic carbocycles. The molecule has 1 aromatic carbocycles. The number of carbonyl (C=O) groups is 1. The molecule has 2 rings (SSSR count). The van der Waals surface area contributed by atoms with Crippen molar-refractivity contribution >= 4 is 34.8 Å². The summed E-state index contributed by atoms with van der Waals surface area (Å²) in [5, 5.41) is 0.313. The van der Waals surface area contributed by atoms with Crippen molar-refractivity contribution < 1.29 is 4.79 Å². The molecule has 0 aliphatic rings. The van der Waals surface area contributed by atoms with Crippen LogP contribution in [0, 0.1) is 0 Å². The molecule has 0 atom stereocenters. The van der Waals surface area contributed by atoms with Gasteiger partial charge in [-0.1, -0.05) is 41.4 Å². The smallest absolute Gasteiger partial charge is 0.269 e. The van der Waals surface area contributed by atoms with Gasteiger partial charge in [-0.15, -0.1) is 0 Å². The molecule has 2 aromatic rings. The van der Waals surface area contributed by atoms with Crippen molar-refractivity contribution in [1.29, 1.82) is 0 Å². The highest BCUT2D eigenvalue weighted by Crippen LogP contribution is 2.15. The Kier molecular flexibility index (Phi) is 5.04. The second-order valence-corrected chi connectivity index (χ2v) is 5.26. The molecule has 0 saturated carbocycles. The summed E-state index contributed by atoms with van der Waals surface area (Å²) in [5.74, 6) is -0.205. The third kappa shape index (κ3) is 3.65. The third-order valence-corrected chi connectivity index (χ3v) is 3.48. The molecule has 21 heavy (non-hydrogen) atoms. The van der Waals surface area contributed by atoms with Crippen molar-refractivity contribution in [3.05, 3.63) is 63.0 Å². The third-order valence-electron chi connectivity index (χ3n) is 3.00. The van der Waals surface area contributed by atoms with Crippen LogP contribution < -0.4 is 10.5 Å². The van der Waals surface area contributed by atoms with Crippen molar-refractivity contribution in [1.82, 2.24) is 4.57 Å². The monoisotopic (exact) mass is 324 g/mol. The Morgan fingerprint density at radius 2 is 1.90 bits per heavy atom. The number of nitrogens with zero attached hydrogens (tertiary/aromatic N) is 2. The zero-order chi connectivity index (χ0) is 15.4. The number of amides is 1. The van der Waals surface area contributed by atoms with Crippen molar-refractivity contribution in [3.63, 3.8) is 0 Å². The predicted molar refractivity (Wildman–Crippen MR) is 85.2 cm³/mol. The first-order valence-electron chi connectivity index (χ1n) is 6.44. The second-order valence-electron chi connectivity index (χ2n) is 4.41. The highest BCUT2D eigenvalue weighted by atomic mass is 35.5. The van der Waals surface area contributed by atoms with Gasteiger partial charge in [0.25, 0.3) is 5.56 Å². The standard InChI is InChI=1S/C15H14Cl2N2O2/c1-2-19(12-6-4-3-5-7-12)14(20)10-18-9-11(16)8-13(17)15(18)21/h3-9H,2,10H2,1H3. The normalized spacial score (nSPS) is 10.4. The number of carbonyl (C=O) groups excluding carboxylic acids is 1. The average Bonchev–Trinajstić information content (AvgIpc) is 2.46. The maximum atomic E-state index is 12.4. The van der Waals surface area contributed by atoms with Gasteiger partial charge in [0.05, 0.1) is 5.02 Å². The van der Waals surface area contributed by atoms with E-state index in [9.17, 15) is 9.59 Å². The van der Waals surface area contributed by atoms with Crippen molar-refractivity contribution in [2.24, 2.45) is 0 Å². The maximum Gasteiger partial charge on any atom is 0.269 e. The van der Waals surface area contributed by atoms with Gasteiger partial charge in [0.15, 0.2) is 0 Å². The summed E-state index contributed by atoms with van der Waals surface area (Å²) in [7, 11) is 0. The topological polar surface area (TPSA) is 42.3 Å². The fourth-order valence-corrected chi connectivity index (χ4v) is 2.53. The minimum Gasteiger partial charge on any atom is -0.311 e. The summed E-state index contributed by atoms with van der Waals surface area (Å²) in [6.07, 6.45) is 1.41. The van der Waals surface area contributed by atoms with Crippen LogP contribution in [0.15, 0.2) is 47.4 Å². The number of likely N-dealkylation sites (N-methyl/N-ethyl adjacent to an activating group) is 1. The number of hydrogen-bond acceptors (Lipinski definition) is 2. The molecule has 0 N–H and O–H groups in total. The summed E-state index contributed by atoms with van der Waals surface area (Å²) in [6, 6.07) is 10.6. The van der Waals surface area contributed by atoms with E-state index in [0.717, 1.165) is 5.69 Å². The summed E-state index contributed by atoms with van der Waals surface area (Å²) < 4.78 is 1.22. The van der Waals surface area contributed by atoms with Gasteiger partial charge in [0, 0.05) is 18.4 Å². The highest BCUT2D eigenvalue weighted by molar-refractivity contribution is 6.34. The molecule has 1 amide bonds. The van der Waals surface area contributed by atoms with Gasteiger partial charge in [-0.05, 0) is 25.1 Å². The van der Waals surface area contributed by atoms with Gasteiger partial charge in [-0.25, -0.2) is 0 Å². The lowest BCUT2D eigenvalue weighted by Gasteiger charge is -2.21. The van der Waals surface area contributed by atoms with Gasteiger partial charge in [0.1, 0.15) is 11.6 Å². The first-order valence-corrected chi connectivity index (χ1v) is 7.19. The summed E-state index contributed by atoms with van der Waals surface area (Å²) in [4.78, 5) is 25.9. The molecule has 0 fully saturated rings. The Morgan fingerprint density at radius 1 is 1.24 bits per heavy atom. The molecule has 6 heteroatoms. The Labute approximate surface area is 132 Å². The Bertz CT molecular complexity index is 699. The van der Waals surface area contributed by atoms with E-state index in [-0.39, 0.29) is 17.5 Å². The molecule has 0 bridgehead atoms. The van der Waals surface area contributed by atoms with Crippen LogP contribution in [0.2, 0.25) is 10.0 Å². The lowest BCUT2D eigenvalue weighted by molar-refractivity contribution is -0.119. The number of rotatable bonds is 4. The summed E-state index contributed by atoms with van der Waals surface area (Å²) in [5.41, 5.74) is 0.352. The number of para-hydroxylation sites is 1. The van der Waals surface area contributed by atoms with Crippen LogP contribution in [0.4, 0.5) is 5.69 Å². The van der Waals surface area contributed by atoms with E-state index in [0.29, 0.717) is 11.6 Å². The fourth-order valence-electron chi connectivity index (χ4n) is 2.02. The fraction of sp³-hybridized carbons (Fsp3) is 0.200. The minimum absolute atomic E-state index is 0.00180. The molecule has 0 spiro atoms. The van der Waals surface area contributed by atoms with Crippen molar-refractivity contribution in [3.8, 4) is 0 Å². The van der Waals surface area contributed by atoms with Gasteiger partial charge < -0.3 is 9.47 Å². The highest BCUT2D eigenvalue weighted by Gasteiger charge is 2.15. The first kappa shape index (κ1) is 15.6. The van der Waals surface area contributed by atoms with E-state index < -0.39 is 5.56 Å². The molecule has 1 aromatic heterocycles. The number of aromatic nitrogens is 1. The second kappa shape index (κ2) is 6.78. The molecule has 0 aliphatic heterocycles. The van der Waals surface area contributed by atoms with E-state index in [2.05, 4.69) is 0 Å². The van der Waals surface area contributed by atoms with Crippen LogP contribution in [0.1, 0.15) is 6.92 Å². The number of halogens is 2. The molecular formula is C15H14Cl2N2O2. The first-order chi connectivity index (χ1) is 10.0. The maximum absolute atomic E-state index is 12.4. The molecule has 1 heterocycles. The minimum atomic E-state index is -0.432. The van der Waals surface area contributed by atoms with Crippen LogP contribution in [-0.2, 0) is 11.3 Å². The van der Waals surface area contributed by atoms with Crippen LogP contribution in [0.25, 0.3) is 0 Å². The largest absolute Gasteiger partial charge is 0.311 e. The van der Waals surface area contributed by atoms with Crippen LogP contribution >= 0.6 is 23.2 Å². The van der Waals surface area contributed by atoms with Crippen LogP contribution in [0.3, 0.4) is 0 Å². The lowest BCUT2D eigenvalue weighted by Crippen LogP contribution is -2.36. The van der Waals surface area contributed by atoms with Crippen molar-refractivity contribution in [2.45, 2.75) is 13.5 Å². The molecule has 0 unspecified atom stereocenters. The Morgan fingerprint density at radius 3 is 2.52 bits per heavy atom. The van der Waals surface area contributed by atoms with Crippen LogP contribution in [-0.4, -0.2) is 17.0 Å². The van der Waals surface area contributed by atoms with Gasteiger partial charge >= 0.3 is 0 Å². The Hall–Kier alpha value is -1.78. The molecular weight excluding hydrogens is 311 g/mol. The van der Waals surface area contributed by atoms with E-state index in [4.69, 9.17) is 23.2 Å². The molecule has 110 valence electrons. The Balaban J connectivity index is 2.27. The predicted octanol–water partition coefficient (Wildman–Crippen LogP) is 3.21. The summed E-state index contributed by atoms with van der Waals surface area (Å²) in [6.45, 7) is 2.27.